The molecule has 0 radical (unpaired) electrons. The fourth-order valence-corrected chi connectivity index (χ4v) is 16.4. The van der Waals surface area contributed by atoms with Crippen molar-refractivity contribution >= 4 is 114 Å². The minimum absolute atomic E-state index is 0. The summed E-state index contributed by atoms with van der Waals surface area (Å²) >= 11 is 9.03. The van der Waals surface area contributed by atoms with E-state index in [2.05, 4.69) is 120 Å². The quantitative estimate of drug-likeness (QED) is 0.126. The van der Waals surface area contributed by atoms with E-state index in [1.807, 2.05) is 5.38 Å². The molecule has 3 aromatic rings. The van der Waals surface area contributed by atoms with Gasteiger partial charge in [-0.15, -0.1) is 34.0 Å². The Morgan fingerprint density at radius 3 is 1.25 bits per heavy atom. The normalized spacial score (nSPS) is 25.5. The molecule has 0 aromatic carbocycles. The van der Waals surface area contributed by atoms with Crippen molar-refractivity contribution in [3.63, 3.8) is 0 Å². The molecule has 16 heteroatoms. The van der Waals surface area contributed by atoms with E-state index in [9.17, 15) is 19.5 Å². The summed E-state index contributed by atoms with van der Waals surface area (Å²) in [6.07, 6.45) is 18.7. The molecule has 3 aliphatic heterocycles. The van der Waals surface area contributed by atoms with Gasteiger partial charge in [0.05, 0.1) is 20.0 Å². The van der Waals surface area contributed by atoms with Crippen LogP contribution in [0, 0.1) is 41.3 Å². The number of carboxylic acid groups (broad SMARTS) is 1. The van der Waals surface area contributed by atoms with Gasteiger partial charge in [-0.05, 0) is 217 Å². The average molecular weight is 1260 g/mol. The molecule has 0 unspecified atom stereocenters. The van der Waals surface area contributed by atoms with Crippen LogP contribution in [0.5, 0.6) is 0 Å². The molecule has 0 atom stereocenters. The third-order valence-electron chi connectivity index (χ3n) is 16.2. The molecule has 3 fully saturated rings. The maximum atomic E-state index is 12.2. The van der Waals surface area contributed by atoms with Crippen LogP contribution in [0.2, 0.25) is 0 Å². The summed E-state index contributed by atoms with van der Waals surface area (Å²) in [5.74, 6) is 3.41. The van der Waals surface area contributed by atoms with Crippen LogP contribution in [0.15, 0.2) is 40.3 Å². The summed E-state index contributed by atoms with van der Waals surface area (Å²) in [4.78, 5) is 45.3. The molecule has 9 rings (SSSR count). The first kappa shape index (κ1) is 61.5. The van der Waals surface area contributed by atoms with E-state index >= 15 is 0 Å². The van der Waals surface area contributed by atoms with Crippen molar-refractivity contribution in [2.75, 3.05) is 74.6 Å². The Labute approximate surface area is 482 Å². The summed E-state index contributed by atoms with van der Waals surface area (Å²) in [5.41, 5.74) is 12.1. The Morgan fingerprint density at radius 1 is 0.556 bits per heavy atom. The van der Waals surface area contributed by atoms with Gasteiger partial charge in [-0.25, -0.2) is 14.4 Å². The van der Waals surface area contributed by atoms with Gasteiger partial charge in [0.15, 0.2) is 0 Å². The second-order valence-electron chi connectivity index (χ2n) is 21.4. The number of esters is 2. The minimum atomic E-state index is -0.782. The van der Waals surface area contributed by atoms with Crippen LogP contribution in [0.3, 0.4) is 0 Å². The first-order valence-electron chi connectivity index (χ1n) is 25.8. The van der Waals surface area contributed by atoms with Crippen LogP contribution in [0.1, 0.15) is 163 Å². The number of carbonyl (C=O) groups excluding carboxylic acids is 2. The van der Waals surface area contributed by atoms with E-state index in [1.165, 1.54) is 136 Å². The van der Waals surface area contributed by atoms with E-state index in [4.69, 9.17) is 9.47 Å². The van der Waals surface area contributed by atoms with Crippen LogP contribution in [-0.4, -0.2) is 118 Å². The number of halogens is 2. The SMILES string of the molecule is CC1CCC(C2=C(c3cc(I)sc3C(=O)O)CCN(C)C2)CC1.COC(=O)c1sc(I)cc1C1=C(C2CCC(C)CC2)CN(C)CC1.COC(=O)c1sccc1C1=C(C2CCC(C)CC2)CN(C)CC1.[Li+].[OH-]. The van der Waals surface area contributed by atoms with Gasteiger partial charge < -0.3 is 34.8 Å². The monoisotopic (exact) mass is 1260 g/mol. The third-order valence-corrected chi connectivity index (χ3v) is 20.9. The smallest absolute Gasteiger partial charge is 0.870 e. The predicted octanol–water partition coefficient (Wildman–Crippen LogP) is 11.3. The molecular weight excluding hydrogens is 1180 g/mol. The molecule has 72 heavy (non-hydrogen) atoms. The second-order valence-corrected chi connectivity index (χ2v) is 28.2. The molecule has 3 saturated carbocycles. The van der Waals surface area contributed by atoms with Crippen LogP contribution >= 0.6 is 79.2 Å². The fourth-order valence-electron chi connectivity index (χ4n) is 12.0. The number of carboxylic acids is 1. The molecule has 2 N–H and O–H groups in total. The van der Waals surface area contributed by atoms with Crippen molar-refractivity contribution in [3.8, 4) is 0 Å². The summed E-state index contributed by atoms with van der Waals surface area (Å²) in [6, 6.07) is 6.38. The molecule has 0 spiro atoms. The van der Waals surface area contributed by atoms with Crippen molar-refractivity contribution < 1.29 is 53.3 Å². The van der Waals surface area contributed by atoms with Gasteiger partial charge in [-0.1, -0.05) is 59.3 Å². The van der Waals surface area contributed by atoms with Crippen LogP contribution in [0.4, 0.5) is 0 Å². The predicted molar refractivity (Wildman–Crippen MR) is 310 cm³/mol. The number of nitrogens with zero attached hydrogens (tertiary/aromatic N) is 3. The first-order chi connectivity index (χ1) is 33.5. The Balaban J connectivity index is 0.000000198. The second kappa shape index (κ2) is 28.8. The zero-order chi connectivity index (χ0) is 50.2. The first-order valence-corrected chi connectivity index (χ1v) is 30.5. The number of hydrogen-bond acceptors (Lipinski definition) is 12. The molecule has 6 heterocycles. The maximum absolute atomic E-state index is 12.2. The molecule has 6 aliphatic rings. The van der Waals surface area contributed by atoms with Crippen LogP contribution in [-0.2, 0) is 9.47 Å². The van der Waals surface area contributed by atoms with Gasteiger partial charge in [0, 0.05) is 56.0 Å². The van der Waals surface area contributed by atoms with Crippen molar-refractivity contribution in [1.29, 1.82) is 0 Å². The van der Waals surface area contributed by atoms with E-state index < -0.39 is 5.97 Å². The molecule has 392 valence electrons. The van der Waals surface area contributed by atoms with Crippen LogP contribution in [0.25, 0.3) is 16.7 Å². The number of likely N-dealkylation sites (N-methyl/N-ethyl adjacent to an activating group) is 3. The fraction of sp³-hybridized carbons (Fsp3) is 0.625. The summed E-state index contributed by atoms with van der Waals surface area (Å²) in [5, 5.41) is 11.6. The summed E-state index contributed by atoms with van der Waals surface area (Å²) in [7, 11) is 9.54. The summed E-state index contributed by atoms with van der Waals surface area (Å²) in [6.45, 7) is 13.3. The summed E-state index contributed by atoms with van der Waals surface area (Å²) < 4.78 is 12.2. The number of methoxy groups -OCH3 is 2. The molecule has 3 aliphatic carbocycles. The molecular formula is C56H78I2LiN3O7S3. The van der Waals surface area contributed by atoms with Crippen molar-refractivity contribution in [2.45, 2.75) is 117 Å². The van der Waals surface area contributed by atoms with Crippen molar-refractivity contribution in [2.24, 2.45) is 35.5 Å². The van der Waals surface area contributed by atoms with Gasteiger partial charge in [-0.2, -0.15) is 0 Å². The van der Waals surface area contributed by atoms with Gasteiger partial charge in [0.1, 0.15) is 14.6 Å². The zero-order valence-electron chi connectivity index (χ0n) is 44.4. The number of carbonyl (C=O) groups is 3. The number of aromatic carboxylic acids is 1. The van der Waals surface area contributed by atoms with E-state index in [-0.39, 0.29) is 36.3 Å². The third kappa shape index (κ3) is 15.6. The number of ether oxygens (including phenoxy) is 2. The molecule has 10 nitrogen and oxygen atoms in total. The topological polar surface area (TPSA) is 130 Å². The Morgan fingerprint density at radius 2 is 0.889 bits per heavy atom. The van der Waals surface area contributed by atoms with E-state index in [0.717, 1.165) is 108 Å². The van der Waals surface area contributed by atoms with E-state index in [1.54, 1.807) is 22.5 Å². The van der Waals surface area contributed by atoms with Gasteiger partial charge >= 0.3 is 36.8 Å². The van der Waals surface area contributed by atoms with Gasteiger partial charge in [-0.3, -0.25) is 0 Å². The van der Waals surface area contributed by atoms with Crippen molar-refractivity contribution in [3.05, 3.63) is 77.4 Å². The minimum Gasteiger partial charge on any atom is -0.870 e. The Bertz CT molecular complexity index is 2400. The zero-order valence-corrected chi connectivity index (χ0v) is 51.1. The van der Waals surface area contributed by atoms with E-state index in [0.29, 0.717) is 22.6 Å². The largest absolute Gasteiger partial charge is 1.00 e. The average Bonchev–Trinajstić information content (AvgIpc) is 4.11. The Kier molecular flexibility index (Phi) is 24.6. The number of hydrogen-bond donors (Lipinski definition) is 1. The number of thiophene rings is 3. The standard InChI is InChI=1S/C19H26INO2S.C19H27NO2S.C18H24INO2S.Li.H2O/c1-12-4-6-13(7-5-12)16-11-21(2)9-8-14(16)15-10-17(20)24-18(15)19(22)23-3;1-13-4-6-14(7-5-13)17-12-20(2)10-8-15(17)16-9-11-23-18(16)19(21)22-3;1-11-3-5-12(6-4-11)15-10-20(2)8-7-13(15)14-9-16(19)23-17(14)18(21)22;;/h10,12-13H,4-9,11H2,1-3H3;9,11,13-14H,4-8,10,12H2,1-3H3;9,11-12H,3-8,10H2,1-2H3,(H,21,22);;1H2/q;;;+1;/p-1. The molecule has 0 amide bonds. The van der Waals surface area contributed by atoms with Crippen molar-refractivity contribution in [1.82, 2.24) is 14.7 Å². The molecule has 0 saturated heterocycles. The Hall–Kier alpha value is -1.37. The maximum Gasteiger partial charge on any atom is 1.00 e. The van der Waals surface area contributed by atoms with Gasteiger partial charge in [0.25, 0.3) is 0 Å². The van der Waals surface area contributed by atoms with Gasteiger partial charge in [0.2, 0.25) is 0 Å². The number of rotatable bonds is 9. The molecule has 3 aromatic heterocycles. The molecule has 0 bridgehead atoms. The van der Waals surface area contributed by atoms with Crippen LogP contribution < -0.4 is 18.9 Å².